The van der Waals surface area contributed by atoms with Crippen LogP contribution in [0.3, 0.4) is 0 Å². The molecule has 1 aliphatic carbocycles. The average Bonchev–Trinajstić information content (AvgIpc) is 3.05. The molecule has 0 saturated heterocycles. The Hall–Kier alpha value is -2.51. The fourth-order valence-corrected chi connectivity index (χ4v) is 5.82. The van der Waals surface area contributed by atoms with E-state index in [4.69, 9.17) is 5.10 Å². The van der Waals surface area contributed by atoms with Crippen molar-refractivity contribution in [2.75, 3.05) is 6.54 Å². The van der Waals surface area contributed by atoms with Crippen LogP contribution in [0, 0.1) is 0 Å². The SMILES string of the molecule is O=S(=O)(c1ccc2c(c1)CCCC2)N1CCCn2nc(-c3ccncc3)cc2C1. The quantitative estimate of drug-likeness (QED) is 0.666. The second kappa shape index (κ2) is 7.39. The lowest BCUT2D eigenvalue weighted by Gasteiger charge is -2.22. The molecule has 1 aliphatic heterocycles. The maximum Gasteiger partial charge on any atom is 0.243 e. The van der Waals surface area contributed by atoms with E-state index < -0.39 is 10.0 Å². The van der Waals surface area contributed by atoms with Crippen LogP contribution in [0.4, 0.5) is 0 Å². The molecule has 0 saturated carbocycles. The van der Waals surface area contributed by atoms with E-state index in [-0.39, 0.29) is 0 Å². The standard InChI is InChI=1S/C22H24N4O2S/c27-29(28,21-7-6-17-4-1-2-5-19(17)14-21)25-12-3-13-26-20(16-25)15-22(24-26)18-8-10-23-11-9-18/h6-11,14-15H,1-5,12-13,16H2. The Morgan fingerprint density at radius 1 is 0.862 bits per heavy atom. The van der Waals surface area contributed by atoms with Crippen molar-refractivity contribution in [1.29, 1.82) is 0 Å². The molecule has 5 rings (SSSR count). The summed E-state index contributed by atoms with van der Waals surface area (Å²) >= 11 is 0. The number of aryl methyl sites for hydroxylation is 3. The van der Waals surface area contributed by atoms with Gasteiger partial charge >= 0.3 is 0 Å². The van der Waals surface area contributed by atoms with E-state index in [2.05, 4.69) is 4.98 Å². The highest BCUT2D eigenvalue weighted by Crippen LogP contribution is 2.28. The number of pyridine rings is 1. The van der Waals surface area contributed by atoms with Gasteiger partial charge in [-0.1, -0.05) is 6.07 Å². The first kappa shape index (κ1) is 18.5. The highest BCUT2D eigenvalue weighted by Gasteiger charge is 2.29. The van der Waals surface area contributed by atoms with Crippen LogP contribution < -0.4 is 0 Å². The average molecular weight is 409 g/mol. The van der Waals surface area contributed by atoms with E-state index >= 15 is 0 Å². The minimum atomic E-state index is -3.53. The Kier molecular flexibility index (Phi) is 4.72. The zero-order valence-electron chi connectivity index (χ0n) is 16.3. The third kappa shape index (κ3) is 3.49. The lowest BCUT2D eigenvalue weighted by Crippen LogP contribution is -2.31. The van der Waals surface area contributed by atoms with Crippen molar-refractivity contribution in [3.63, 3.8) is 0 Å². The molecule has 0 amide bonds. The molecule has 3 heterocycles. The Labute approximate surface area is 171 Å². The van der Waals surface area contributed by atoms with Gasteiger partial charge in [0.25, 0.3) is 0 Å². The number of rotatable bonds is 3. The van der Waals surface area contributed by atoms with Crippen molar-refractivity contribution >= 4 is 10.0 Å². The van der Waals surface area contributed by atoms with Gasteiger partial charge in [-0.15, -0.1) is 0 Å². The normalized spacial score (nSPS) is 17.4. The molecule has 2 aliphatic rings. The topological polar surface area (TPSA) is 68.1 Å². The lowest BCUT2D eigenvalue weighted by molar-refractivity contribution is 0.410. The third-order valence-electron chi connectivity index (χ3n) is 5.91. The number of fused-ring (bicyclic) bond motifs is 2. The molecular weight excluding hydrogens is 384 g/mol. The van der Waals surface area contributed by atoms with Gasteiger partial charge in [0.15, 0.2) is 0 Å². The summed E-state index contributed by atoms with van der Waals surface area (Å²) in [7, 11) is -3.53. The minimum Gasteiger partial charge on any atom is -0.268 e. The zero-order valence-corrected chi connectivity index (χ0v) is 17.1. The fourth-order valence-electron chi connectivity index (χ4n) is 4.32. The lowest BCUT2D eigenvalue weighted by atomic mass is 9.92. The molecule has 7 heteroatoms. The second-order valence-corrected chi connectivity index (χ2v) is 9.75. The molecule has 150 valence electrons. The van der Waals surface area contributed by atoms with Crippen LogP contribution in [0.2, 0.25) is 0 Å². The summed E-state index contributed by atoms with van der Waals surface area (Å²) in [4.78, 5) is 4.47. The second-order valence-electron chi connectivity index (χ2n) is 7.81. The van der Waals surface area contributed by atoms with Crippen LogP contribution in [-0.2, 0) is 36.0 Å². The minimum absolute atomic E-state index is 0.345. The van der Waals surface area contributed by atoms with Gasteiger partial charge in [-0.3, -0.25) is 9.67 Å². The summed E-state index contributed by atoms with van der Waals surface area (Å²) in [5.41, 5.74) is 5.26. The van der Waals surface area contributed by atoms with E-state index in [1.165, 1.54) is 17.5 Å². The maximum absolute atomic E-state index is 13.4. The molecule has 2 aromatic heterocycles. The summed E-state index contributed by atoms with van der Waals surface area (Å²) in [5, 5.41) is 4.70. The predicted molar refractivity (Wildman–Crippen MR) is 111 cm³/mol. The van der Waals surface area contributed by atoms with Gasteiger partial charge in [0.1, 0.15) is 0 Å². The van der Waals surface area contributed by atoms with Crippen molar-refractivity contribution < 1.29 is 8.42 Å². The van der Waals surface area contributed by atoms with E-state index in [0.29, 0.717) is 18.0 Å². The molecule has 0 radical (unpaired) electrons. The third-order valence-corrected chi connectivity index (χ3v) is 7.75. The summed E-state index contributed by atoms with van der Waals surface area (Å²) in [6, 6.07) is 11.5. The van der Waals surface area contributed by atoms with Gasteiger partial charge in [0, 0.05) is 31.0 Å². The van der Waals surface area contributed by atoms with E-state index in [1.807, 2.05) is 35.0 Å². The molecule has 0 spiro atoms. The van der Waals surface area contributed by atoms with Crippen LogP contribution in [0.15, 0.2) is 53.7 Å². The fraction of sp³-hybridized carbons (Fsp3) is 0.364. The maximum atomic E-state index is 13.4. The van der Waals surface area contributed by atoms with Crippen molar-refractivity contribution in [2.45, 2.75) is 50.1 Å². The van der Waals surface area contributed by atoms with Crippen LogP contribution in [0.5, 0.6) is 0 Å². The van der Waals surface area contributed by atoms with E-state index in [9.17, 15) is 8.42 Å². The zero-order chi connectivity index (χ0) is 19.8. The van der Waals surface area contributed by atoms with E-state index in [0.717, 1.165) is 49.2 Å². The highest BCUT2D eigenvalue weighted by atomic mass is 32.2. The Balaban J connectivity index is 1.45. The highest BCUT2D eigenvalue weighted by molar-refractivity contribution is 7.89. The van der Waals surface area contributed by atoms with E-state index in [1.54, 1.807) is 22.8 Å². The molecule has 0 unspecified atom stereocenters. The van der Waals surface area contributed by atoms with Crippen LogP contribution in [0.1, 0.15) is 36.1 Å². The van der Waals surface area contributed by atoms with Crippen LogP contribution in [0.25, 0.3) is 11.3 Å². The Morgan fingerprint density at radius 2 is 1.66 bits per heavy atom. The summed E-state index contributed by atoms with van der Waals surface area (Å²) in [6.07, 6.45) is 8.58. The van der Waals surface area contributed by atoms with Crippen molar-refractivity contribution in [2.24, 2.45) is 0 Å². The van der Waals surface area contributed by atoms with Crippen molar-refractivity contribution in [3.05, 3.63) is 65.6 Å². The number of aromatic nitrogens is 3. The van der Waals surface area contributed by atoms with Gasteiger partial charge in [0.05, 0.1) is 22.8 Å². The van der Waals surface area contributed by atoms with Crippen LogP contribution in [-0.4, -0.2) is 34.0 Å². The van der Waals surface area contributed by atoms with Gasteiger partial charge in [0.2, 0.25) is 10.0 Å². The van der Waals surface area contributed by atoms with Gasteiger partial charge in [-0.25, -0.2) is 8.42 Å². The largest absolute Gasteiger partial charge is 0.268 e. The molecule has 0 bridgehead atoms. The first-order chi connectivity index (χ1) is 14.1. The first-order valence-corrected chi connectivity index (χ1v) is 11.6. The molecule has 3 aromatic rings. The molecule has 0 atom stereocenters. The Bertz CT molecular complexity index is 1140. The van der Waals surface area contributed by atoms with Crippen molar-refractivity contribution in [1.82, 2.24) is 19.1 Å². The summed E-state index contributed by atoms with van der Waals surface area (Å²) in [5.74, 6) is 0. The van der Waals surface area contributed by atoms with Gasteiger partial charge in [-0.2, -0.15) is 9.40 Å². The van der Waals surface area contributed by atoms with Gasteiger partial charge < -0.3 is 0 Å². The summed E-state index contributed by atoms with van der Waals surface area (Å²) < 4.78 is 30.3. The number of sulfonamides is 1. The molecule has 6 nitrogen and oxygen atoms in total. The first-order valence-electron chi connectivity index (χ1n) is 10.2. The number of hydrogen-bond donors (Lipinski definition) is 0. The molecular formula is C22H24N4O2S. The molecule has 29 heavy (non-hydrogen) atoms. The monoisotopic (exact) mass is 408 g/mol. The van der Waals surface area contributed by atoms with Gasteiger partial charge in [-0.05, 0) is 73.6 Å². The summed E-state index contributed by atoms with van der Waals surface area (Å²) in [6.45, 7) is 1.57. The Morgan fingerprint density at radius 3 is 2.48 bits per heavy atom. The number of benzene rings is 1. The smallest absolute Gasteiger partial charge is 0.243 e. The number of hydrogen-bond acceptors (Lipinski definition) is 4. The van der Waals surface area contributed by atoms with Crippen LogP contribution >= 0.6 is 0 Å². The predicted octanol–water partition coefficient (Wildman–Crippen LogP) is 3.42. The number of nitrogens with zero attached hydrogens (tertiary/aromatic N) is 4. The molecule has 0 fully saturated rings. The molecule has 1 aromatic carbocycles. The van der Waals surface area contributed by atoms with Crippen molar-refractivity contribution in [3.8, 4) is 11.3 Å². The molecule has 0 N–H and O–H groups in total.